The summed E-state index contributed by atoms with van der Waals surface area (Å²) in [5.41, 5.74) is 3.42. The lowest BCUT2D eigenvalue weighted by atomic mass is 9.99. The van der Waals surface area contributed by atoms with Crippen LogP contribution in [0.4, 0.5) is 19.0 Å². The van der Waals surface area contributed by atoms with Gasteiger partial charge in [-0.25, -0.2) is 19.3 Å². The SMILES string of the molecule is O=c1[nH]nc2cc(-c3ccc(CN4CCCN(c5ncc(C(F)(F)F)cc5Cl)CC4)cc3)c3ccccc3n12. The Morgan fingerprint density at radius 2 is 1.77 bits per heavy atom. The van der Waals surface area contributed by atoms with Crippen LogP contribution < -0.4 is 10.6 Å². The molecule has 0 amide bonds. The van der Waals surface area contributed by atoms with Gasteiger partial charge in [0.1, 0.15) is 5.82 Å². The molecule has 2 aromatic carbocycles. The molecule has 0 spiro atoms. The predicted molar refractivity (Wildman–Crippen MR) is 145 cm³/mol. The number of para-hydroxylation sites is 1. The van der Waals surface area contributed by atoms with Gasteiger partial charge in [-0.1, -0.05) is 54.1 Å². The second-order valence-corrected chi connectivity index (χ2v) is 10.0. The molecule has 200 valence electrons. The molecule has 0 radical (unpaired) electrons. The molecule has 0 aliphatic carbocycles. The van der Waals surface area contributed by atoms with Crippen LogP contribution in [-0.2, 0) is 12.7 Å². The number of rotatable bonds is 4. The maximum absolute atomic E-state index is 13.0. The van der Waals surface area contributed by atoms with Crippen molar-refractivity contribution < 1.29 is 13.2 Å². The highest BCUT2D eigenvalue weighted by molar-refractivity contribution is 6.33. The van der Waals surface area contributed by atoms with E-state index in [1.807, 2.05) is 35.2 Å². The number of hydrogen-bond donors (Lipinski definition) is 1. The first-order chi connectivity index (χ1) is 18.8. The maximum atomic E-state index is 13.0. The molecule has 1 saturated heterocycles. The smallest absolute Gasteiger partial charge is 0.354 e. The Morgan fingerprint density at radius 1 is 0.974 bits per heavy atom. The quantitative estimate of drug-likeness (QED) is 0.313. The Bertz CT molecular complexity index is 1710. The first kappa shape index (κ1) is 25.4. The van der Waals surface area contributed by atoms with Crippen LogP contribution in [0.5, 0.6) is 0 Å². The minimum Gasteiger partial charge on any atom is -0.354 e. The summed E-state index contributed by atoms with van der Waals surface area (Å²) in [5.74, 6) is 0.388. The van der Waals surface area contributed by atoms with Gasteiger partial charge in [0.2, 0.25) is 0 Å². The van der Waals surface area contributed by atoms with Gasteiger partial charge in [0.25, 0.3) is 0 Å². The molecule has 1 aliphatic rings. The van der Waals surface area contributed by atoms with Crippen molar-refractivity contribution in [3.05, 3.63) is 93.5 Å². The van der Waals surface area contributed by atoms with Gasteiger partial charge in [0.05, 0.1) is 16.1 Å². The summed E-state index contributed by atoms with van der Waals surface area (Å²) in [7, 11) is 0. The van der Waals surface area contributed by atoms with Crippen molar-refractivity contribution in [3.8, 4) is 11.1 Å². The minimum absolute atomic E-state index is 0.0132. The molecule has 0 atom stereocenters. The summed E-state index contributed by atoms with van der Waals surface area (Å²) in [4.78, 5) is 20.6. The predicted octanol–water partition coefficient (Wildman–Crippen LogP) is 5.62. The van der Waals surface area contributed by atoms with E-state index >= 15 is 0 Å². The third kappa shape index (κ3) is 4.97. The lowest BCUT2D eigenvalue weighted by Crippen LogP contribution is -2.31. The molecular weight excluding hydrogens is 529 g/mol. The normalized spacial score (nSPS) is 15.2. The number of H-pyrrole nitrogens is 1. The van der Waals surface area contributed by atoms with Crippen molar-refractivity contribution in [3.63, 3.8) is 0 Å². The number of nitrogens with zero attached hydrogens (tertiary/aromatic N) is 5. The Hall–Kier alpha value is -3.89. The molecule has 1 N–H and O–H groups in total. The average Bonchev–Trinajstić information content (AvgIpc) is 3.15. The molecule has 11 heteroatoms. The summed E-state index contributed by atoms with van der Waals surface area (Å²) in [6.45, 7) is 3.61. The molecular formula is C28H24ClF3N6O. The highest BCUT2D eigenvalue weighted by Crippen LogP contribution is 2.34. The molecule has 0 bridgehead atoms. The third-order valence-corrected chi connectivity index (χ3v) is 7.39. The van der Waals surface area contributed by atoms with Crippen LogP contribution in [0, 0.1) is 0 Å². The summed E-state index contributed by atoms with van der Waals surface area (Å²) in [6.07, 6.45) is -2.79. The van der Waals surface area contributed by atoms with E-state index in [1.165, 1.54) is 0 Å². The number of halogens is 4. The molecule has 0 unspecified atom stereocenters. The van der Waals surface area contributed by atoms with E-state index in [1.54, 1.807) is 4.40 Å². The van der Waals surface area contributed by atoms with Crippen molar-refractivity contribution in [2.24, 2.45) is 0 Å². The molecule has 3 aromatic heterocycles. The van der Waals surface area contributed by atoms with Crippen LogP contribution in [0.3, 0.4) is 0 Å². The van der Waals surface area contributed by atoms with E-state index in [2.05, 4.69) is 44.3 Å². The third-order valence-electron chi connectivity index (χ3n) is 7.12. The van der Waals surface area contributed by atoms with Gasteiger partial charge in [-0.2, -0.15) is 18.3 Å². The summed E-state index contributed by atoms with van der Waals surface area (Å²) < 4.78 is 40.5. The van der Waals surface area contributed by atoms with Crippen molar-refractivity contribution in [1.29, 1.82) is 0 Å². The lowest BCUT2D eigenvalue weighted by molar-refractivity contribution is -0.137. The summed E-state index contributed by atoms with van der Waals surface area (Å²) >= 11 is 6.18. The fourth-order valence-electron chi connectivity index (χ4n) is 5.19. The standard InChI is InChI=1S/C28H24ClF3N6O/c29-23-14-20(28(30,31)32)16-33-26(23)37-11-3-10-36(12-13-37)17-18-6-8-19(9-7-18)22-15-25-34-35-27(39)38(25)24-5-2-1-4-21(22)24/h1-2,4-9,14-16H,3,10-13,17H2,(H,35,39). The number of alkyl halides is 3. The number of nitrogens with one attached hydrogen (secondary N) is 1. The highest BCUT2D eigenvalue weighted by Gasteiger charge is 2.32. The van der Waals surface area contributed by atoms with Gasteiger partial charge >= 0.3 is 11.9 Å². The zero-order chi connectivity index (χ0) is 27.1. The van der Waals surface area contributed by atoms with Crippen LogP contribution in [0.25, 0.3) is 27.7 Å². The number of anilines is 1. The molecule has 5 aromatic rings. The number of benzene rings is 2. The molecule has 7 nitrogen and oxygen atoms in total. The first-order valence-electron chi connectivity index (χ1n) is 12.6. The number of pyridine rings is 2. The molecule has 4 heterocycles. The topological polar surface area (TPSA) is 69.5 Å². The van der Waals surface area contributed by atoms with Crippen molar-refractivity contribution >= 4 is 34.0 Å². The lowest BCUT2D eigenvalue weighted by Gasteiger charge is -2.24. The first-order valence-corrected chi connectivity index (χ1v) is 12.9. The van der Waals surface area contributed by atoms with Crippen molar-refractivity contribution in [2.45, 2.75) is 19.1 Å². The van der Waals surface area contributed by atoms with Crippen LogP contribution in [0.2, 0.25) is 5.02 Å². The number of fused-ring (bicyclic) bond motifs is 3. The minimum atomic E-state index is -4.47. The number of aromatic nitrogens is 4. The molecule has 6 rings (SSSR count). The van der Waals surface area contributed by atoms with Crippen molar-refractivity contribution in [2.75, 3.05) is 31.1 Å². The van der Waals surface area contributed by atoms with E-state index in [9.17, 15) is 18.0 Å². The van der Waals surface area contributed by atoms with E-state index in [0.29, 0.717) is 24.6 Å². The molecule has 1 aliphatic heterocycles. The Kier molecular flexibility index (Phi) is 6.52. The van der Waals surface area contributed by atoms with E-state index in [4.69, 9.17) is 11.6 Å². The second kappa shape index (κ2) is 10.0. The van der Waals surface area contributed by atoms with Crippen LogP contribution >= 0.6 is 11.6 Å². The highest BCUT2D eigenvalue weighted by atomic mass is 35.5. The van der Waals surface area contributed by atoms with E-state index in [0.717, 1.165) is 65.9 Å². The Balaban J connectivity index is 1.17. The fraction of sp³-hybridized carbons (Fsp3) is 0.250. The van der Waals surface area contributed by atoms with Crippen LogP contribution in [-0.4, -0.2) is 50.7 Å². The fourth-order valence-corrected chi connectivity index (χ4v) is 5.47. The summed E-state index contributed by atoms with van der Waals surface area (Å²) in [5, 5.41) is 7.66. The van der Waals surface area contributed by atoms with E-state index < -0.39 is 11.7 Å². The van der Waals surface area contributed by atoms with Gasteiger partial charge in [-0.3, -0.25) is 4.90 Å². The summed E-state index contributed by atoms with van der Waals surface area (Å²) in [6, 6.07) is 19.0. The molecule has 39 heavy (non-hydrogen) atoms. The number of aromatic amines is 1. The zero-order valence-electron chi connectivity index (χ0n) is 20.7. The maximum Gasteiger partial charge on any atom is 0.417 e. The molecule has 0 saturated carbocycles. The Morgan fingerprint density at radius 3 is 2.54 bits per heavy atom. The second-order valence-electron chi connectivity index (χ2n) is 9.64. The van der Waals surface area contributed by atoms with Gasteiger partial charge in [-0.05, 0) is 41.3 Å². The van der Waals surface area contributed by atoms with E-state index in [-0.39, 0.29) is 10.7 Å². The van der Waals surface area contributed by atoms with Crippen molar-refractivity contribution in [1.82, 2.24) is 24.5 Å². The monoisotopic (exact) mass is 552 g/mol. The van der Waals surface area contributed by atoms with Gasteiger partial charge in [0.15, 0.2) is 5.65 Å². The van der Waals surface area contributed by atoms with Crippen LogP contribution in [0.1, 0.15) is 17.5 Å². The molecule has 1 fully saturated rings. The average molecular weight is 553 g/mol. The Labute approximate surface area is 226 Å². The largest absolute Gasteiger partial charge is 0.417 e. The van der Waals surface area contributed by atoms with Gasteiger partial charge in [-0.15, -0.1) is 0 Å². The van der Waals surface area contributed by atoms with Crippen LogP contribution in [0.15, 0.2) is 71.7 Å². The number of hydrogen-bond acceptors (Lipinski definition) is 5. The zero-order valence-corrected chi connectivity index (χ0v) is 21.5. The van der Waals surface area contributed by atoms with Gasteiger partial charge in [0, 0.05) is 44.3 Å². The van der Waals surface area contributed by atoms with Gasteiger partial charge < -0.3 is 4.90 Å².